The Morgan fingerprint density at radius 2 is 2.04 bits per heavy atom. The Hall–Kier alpha value is -2.24. The van der Waals surface area contributed by atoms with Gasteiger partial charge in [-0.2, -0.15) is 0 Å². The van der Waals surface area contributed by atoms with E-state index in [1.807, 2.05) is 6.92 Å². The van der Waals surface area contributed by atoms with Gasteiger partial charge in [-0.15, -0.1) is 0 Å². The molecule has 126 valence electrons. The molecular formula is C18H23N5O. The maximum atomic E-state index is 12.2. The summed E-state index contributed by atoms with van der Waals surface area (Å²) in [5, 5.41) is 0. The van der Waals surface area contributed by atoms with Crippen molar-refractivity contribution in [3.8, 4) is 0 Å². The molecule has 1 aliphatic carbocycles. The molecule has 0 bridgehead atoms. The summed E-state index contributed by atoms with van der Waals surface area (Å²) in [5.74, 6) is 1.67. The van der Waals surface area contributed by atoms with Crippen LogP contribution in [0.25, 0.3) is 0 Å². The van der Waals surface area contributed by atoms with Crippen LogP contribution in [0.4, 0.5) is 5.82 Å². The van der Waals surface area contributed by atoms with Crippen molar-refractivity contribution < 1.29 is 0 Å². The topological polar surface area (TPSA) is 63.9 Å². The Bertz CT molecular complexity index is 792. The number of aromatic nitrogens is 4. The Morgan fingerprint density at radius 1 is 1.21 bits per heavy atom. The van der Waals surface area contributed by atoms with Gasteiger partial charge >= 0.3 is 0 Å². The molecule has 0 radical (unpaired) electrons. The average molecular weight is 325 g/mol. The van der Waals surface area contributed by atoms with Crippen LogP contribution >= 0.6 is 0 Å². The molecule has 3 heterocycles. The van der Waals surface area contributed by atoms with Crippen molar-refractivity contribution >= 4 is 5.82 Å². The first-order valence-electron chi connectivity index (χ1n) is 8.81. The maximum absolute atomic E-state index is 12.2. The summed E-state index contributed by atoms with van der Waals surface area (Å²) in [5.41, 5.74) is 3.39. The largest absolute Gasteiger partial charge is 0.356 e. The van der Waals surface area contributed by atoms with E-state index in [4.69, 9.17) is 0 Å². The summed E-state index contributed by atoms with van der Waals surface area (Å²) in [6.07, 6.45) is 10.6. The van der Waals surface area contributed by atoms with Crippen LogP contribution in [0, 0.1) is 12.8 Å². The first-order valence-corrected chi connectivity index (χ1v) is 8.81. The van der Waals surface area contributed by atoms with E-state index in [2.05, 4.69) is 19.9 Å². The normalized spacial score (nSPS) is 18.0. The lowest BCUT2D eigenvalue weighted by Gasteiger charge is -2.33. The number of nitrogens with zero attached hydrogens (tertiary/aromatic N) is 5. The van der Waals surface area contributed by atoms with E-state index in [0.29, 0.717) is 11.5 Å². The van der Waals surface area contributed by atoms with Crippen LogP contribution in [0.3, 0.4) is 0 Å². The lowest BCUT2D eigenvalue weighted by molar-refractivity contribution is 0.349. The molecule has 1 saturated heterocycles. The van der Waals surface area contributed by atoms with E-state index >= 15 is 0 Å². The predicted octanol–water partition coefficient (Wildman–Crippen LogP) is 1.75. The highest BCUT2D eigenvalue weighted by molar-refractivity contribution is 5.50. The molecular weight excluding hydrogens is 302 g/mol. The minimum absolute atomic E-state index is 0.0843. The number of aryl methyl sites for hydroxylation is 2. The highest BCUT2D eigenvalue weighted by Gasteiger charge is 2.25. The molecule has 0 amide bonds. The number of hydrogen-bond donors (Lipinski definition) is 0. The predicted molar refractivity (Wildman–Crippen MR) is 92.2 cm³/mol. The van der Waals surface area contributed by atoms with Crippen LogP contribution in [0.15, 0.2) is 23.6 Å². The molecule has 2 aromatic rings. The third-order valence-corrected chi connectivity index (χ3v) is 5.29. The van der Waals surface area contributed by atoms with Crippen LogP contribution in [0.5, 0.6) is 0 Å². The molecule has 0 unspecified atom stereocenters. The summed E-state index contributed by atoms with van der Waals surface area (Å²) in [4.78, 5) is 27.7. The molecule has 4 rings (SSSR count). The Labute approximate surface area is 141 Å². The molecule has 1 fully saturated rings. The van der Waals surface area contributed by atoms with E-state index in [1.54, 1.807) is 23.4 Å². The summed E-state index contributed by atoms with van der Waals surface area (Å²) in [7, 11) is 0. The minimum atomic E-state index is 0.0843. The second-order valence-electron chi connectivity index (χ2n) is 6.94. The van der Waals surface area contributed by atoms with E-state index in [-0.39, 0.29) is 5.56 Å². The van der Waals surface area contributed by atoms with Crippen LogP contribution < -0.4 is 10.5 Å². The Morgan fingerprint density at radius 3 is 2.88 bits per heavy atom. The molecule has 0 atom stereocenters. The van der Waals surface area contributed by atoms with Gasteiger partial charge < -0.3 is 4.90 Å². The van der Waals surface area contributed by atoms with E-state index in [9.17, 15) is 4.79 Å². The molecule has 6 heteroatoms. The van der Waals surface area contributed by atoms with Crippen LogP contribution in [-0.2, 0) is 19.4 Å². The summed E-state index contributed by atoms with van der Waals surface area (Å²) in [6.45, 7) is 4.59. The van der Waals surface area contributed by atoms with Crippen molar-refractivity contribution in [1.82, 2.24) is 19.5 Å². The fraction of sp³-hybridized carbons (Fsp3) is 0.556. The van der Waals surface area contributed by atoms with Crippen LogP contribution in [0.2, 0.25) is 0 Å². The van der Waals surface area contributed by atoms with Gasteiger partial charge in [-0.05, 0) is 44.9 Å². The van der Waals surface area contributed by atoms with Gasteiger partial charge in [0.1, 0.15) is 12.1 Å². The highest BCUT2D eigenvalue weighted by atomic mass is 16.1. The molecule has 2 aliphatic rings. The third kappa shape index (κ3) is 2.81. The van der Waals surface area contributed by atoms with E-state index in [0.717, 1.165) is 51.1 Å². The molecule has 0 saturated carbocycles. The molecule has 1 aliphatic heterocycles. The van der Waals surface area contributed by atoms with Crippen molar-refractivity contribution in [2.75, 3.05) is 18.0 Å². The number of hydrogen-bond acceptors (Lipinski definition) is 5. The van der Waals surface area contributed by atoms with Crippen molar-refractivity contribution in [3.05, 3.63) is 46.0 Å². The van der Waals surface area contributed by atoms with Crippen LogP contribution in [0.1, 0.15) is 36.1 Å². The van der Waals surface area contributed by atoms with Crippen molar-refractivity contribution in [2.24, 2.45) is 5.92 Å². The van der Waals surface area contributed by atoms with Gasteiger partial charge in [-0.3, -0.25) is 9.36 Å². The number of rotatable bonds is 3. The average Bonchev–Trinajstić information content (AvgIpc) is 3.08. The second kappa shape index (κ2) is 6.34. The zero-order valence-electron chi connectivity index (χ0n) is 14.1. The first-order chi connectivity index (χ1) is 11.7. The van der Waals surface area contributed by atoms with Crippen LogP contribution in [-0.4, -0.2) is 32.6 Å². The fourth-order valence-electron chi connectivity index (χ4n) is 3.91. The lowest BCUT2D eigenvalue weighted by atomic mass is 9.96. The van der Waals surface area contributed by atoms with Gasteiger partial charge in [0.05, 0.1) is 6.33 Å². The fourth-order valence-corrected chi connectivity index (χ4v) is 3.91. The quantitative estimate of drug-likeness (QED) is 0.860. The number of fused-ring (bicyclic) bond motifs is 1. The van der Waals surface area contributed by atoms with Crippen molar-refractivity contribution in [3.63, 3.8) is 0 Å². The molecule has 0 N–H and O–H groups in total. The van der Waals surface area contributed by atoms with Gasteiger partial charge in [0.2, 0.25) is 0 Å². The van der Waals surface area contributed by atoms with E-state index < -0.39 is 0 Å². The smallest absolute Gasteiger partial charge is 0.256 e. The SMILES string of the molecule is Cc1cncn(CC2CCN(c3ncnc4c3CCC4)CC2)c1=O. The van der Waals surface area contributed by atoms with Crippen molar-refractivity contribution in [1.29, 1.82) is 0 Å². The molecule has 2 aromatic heterocycles. The molecule has 6 nitrogen and oxygen atoms in total. The zero-order valence-corrected chi connectivity index (χ0v) is 14.1. The second-order valence-corrected chi connectivity index (χ2v) is 6.94. The summed E-state index contributed by atoms with van der Waals surface area (Å²) in [6, 6.07) is 0. The van der Waals surface area contributed by atoms with E-state index in [1.165, 1.54) is 17.7 Å². The Kier molecular flexibility index (Phi) is 4.04. The monoisotopic (exact) mass is 325 g/mol. The number of piperidine rings is 1. The summed E-state index contributed by atoms with van der Waals surface area (Å²) >= 11 is 0. The highest BCUT2D eigenvalue weighted by Crippen LogP contribution is 2.30. The third-order valence-electron chi connectivity index (χ3n) is 5.29. The molecule has 0 spiro atoms. The van der Waals surface area contributed by atoms with Gasteiger partial charge in [0.25, 0.3) is 5.56 Å². The Balaban J connectivity index is 1.43. The molecule has 0 aromatic carbocycles. The lowest BCUT2D eigenvalue weighted by Crippen LogP contribution is -2.37. The van der Waals surface area contributed by atoms with Gasteiger partial charge in [0, 0.05) is 42.7 Å². The minimum Gasteiger partial charge on any atom is -0.356 e. The van der Waals surface area contributed by atoms with Gasteiger partial charge in [-0.25, -0.2) is 15.0 Å². The number of anilines is 1. The zero-order chi connectivity index (χ0) is 16.5. The maximum Gasteiger partial charge on any atom is 0.256 e. The summed E-state index contributed by atoms with van der Waals surface area (Å²) < 4.78 is 1.76. The van der Waals surface area contributed by atoms with Gasteiger partial charge in [0.15, 0.2) is 0 Å². The molecule has 24 heavy (non-hydrogen) atoms. The first kappa shape index (κ1) is 15.3. The standard InChI is InChI=1S/C18H23N5O/c1-13-9-19-12-23(18(13)24)10-14-5-7-22(8-6-14)17-15-3-2-4-16(15)20-11-21-17/h9,11-12,14H,2-8,10H2,1H3. The van der Waals surface area contributed by atoms with Crippen molar-refractivity contribution in [2.45, 2.75) is 45.6 Å². The van der Waals surface area contributed by atoms with Gasteiger partial charge in [-0.1, -0.05) is 0 Å².